The number of benzene rings is 1. The third-order valence-corrected chi connectivity index (χ3v) is 4.70. The second kappa shape index (κ2) is 6.62. The van der Waals surface area contributed by atoms with E-state index in [0.717, 1.165) is 37.2 Å². The fourth-order valence-electron chi connectivity index (χ4n) is 3.36. The van der Waals surface area contributed by atoms with Crippen LogP contribution >= 0.6 is 0 Å². The molecule has 1 saturated heterocycles. The molecule has 2 heterocycles. The average molecular weight is 326 g/mol. The Bertz CT molecular complexity index is 701. The van der Waals surface area contributed by atoms with Crippen molar-refractivity contribution in [2.45, 2.75) is 38.8 Å². The van der Waals surface area contributed by atoms with Gasteiger partial charge in [-0.3, -0.25) is 9.59 Å². The molecule has 2 aliphatic heterocycles. The molecular weight excluding hydrogens is 304 g/mol. The van der Waals surface area contributed by atoms with Gasteiger partial charge in [-0.1, -0.05) is 13.8 Å². The summed E-state index contributed by atoms with van der Waals surface area (Å²) in [6.07, 6.45) is 1.77. The molecule has 0 radical (unpaired) electrons. The van der Waals surface area contributed by atoms with Crippen LogP contribution in [0.4, 0.5) is 5.69 Å². The number of anilines is 1. The van der Waals surface area contributed by atoms with Crippen molar-refractivity contribution >= 4 is 17.5 Å². The van der Waals surface area contributed by atoms with Gasteiger partial charge < -0.3 is 15.5 Å². The number of nitriles is 1. The Balaban J connectivity index is 1.98. The summed E-state index contributed by atoms with van der Waals surface area (Å²) in [6.45, 7) is 5.35. The maximum absolute atomic E-state index is 13.0. The molecule has 2 N–H and O–H groups in total. The highest BCUT2D eigenvalue weighted by atomic mass is 16.2. The number of hydrogen-bond acceptors (Lipinski definition) is 4. The lowest BCUT2D eigenvalue weighted by molar-refractivity contribution is -0.129. The van der Waals surface area contributed by atoms with Crippen molar-refractivity contribution in [2.24, 2.45) is 5.92 Å². The Labute approximate surface area is 141 Å². The maximum Gasteiger partial charge on any atom is 0.254 e. The van der Waals surface area contributed by atoms with Gasteiger partial charge in [0, 0.05) is 23.2 Å². The molecule has 1 unspecified atom stereocenters. The highest BCUT2D eigenvalue weighted by Gasteiger charge is 2.42. The van der Waals surface area contributed by atoms with E-state index >= 15 is 0 Å². The van der Waals surface area contributed by atoms with E-state index in [0.29, 0.717) is 5.56 Å². The van der Waals surface area contributed by atoms with Crippen LogP contribution in [-0.4, -0.2) is 30.9 Å². The van der Waals surface area contributed by atoms with Crippen LogP contribution in [0.15, 0.2) is 18.2 Å². The first-order valence-corrected chi connectivity index (χ1v) is 8.41. The summed E-state index contributed by atoms with van der Waals surface area (Å²) in [6, 6.07) is 6.82. The zero-order chi connectivity index (χ0) is 17.3. The number of rotatable bonds is 3. The highest BCUT2D eigenvalue weighted by Crippen LogP contribution is 2.39. The molecule has 24 heavy (non-hydrogen) atoms. The van der Waals surface area contributed by atoms with E-state index < -0.39 is 6.04 Å². The summed E-state index contributed by atoms with van der Waals surface area (Å²) in [7, 11) is 0. The van der Waals surface area contributed by atoms with Crippen molar-refractivity contribution < 1.29 is 9.59 Å². The van der Waals surface area contributed by atoms with Gasteiger partial charge in [-0.25, -0.2) is 0 Å². The smallest absolute Gasteiger partial charge is 0.254 e. The van der Waals surface area contributed by atoms with Crippen molar-refractivity contribution in [1.29, 1.82) is 5.26 Å². The molecule has 0 saturated carbocycles. The quantitative estimate of drug-likeness (QED) is 0.881. The third-order valence-electron chi connectivity index (χ3n) is 4.70. The molecule has 3 rings (SSSR count). The van der Waals surface area contributed by atoms with Gasteiger partial charge in [0.2, 0.25) is 5.91 Å². The Morgan fingerprint density at radius 1 is 1.38 bits per heavy atom. The van der Waals surface area contributed by atoms with Gasteiger partial charge in [-0.15, -0.1) is 0 Å². The summed E-state index contributed by atoms with van der Waals surface area (Å²) in [5.74, 6) is -0.455. The van der Waals surface area contributed by atoms with Gasteiger partial charge in [0.05, 0.1) is 11.6 Å². The van der Waals surface area contributed by atoms with E-state index in [1.165, 1.54) is 0 Å². The Morgan fingerprint density at radius 3 is 2.71 bits per heavy atom. The van der Waals surface area contributed by atoms with Crippen LogP contribution in [0.5, 0.6) is 0 Å². The van der Waals surface area contributed by atoms with Crippen LogP contribution < -0.4 is 15.5 Å². The minimum atomic E-state index is -0.696. The monoisotopic (exact) mass is 326 g/mol. The third kappa shape index (κ3) is 2.87. The topological polar surface area (TPSA) is 85.2 Å². The lowest BCUT2D eigenvalue weighted by atomic mass is 10.0. The van der Waals surface area contributed by atoms with Gasteiger partial charge in [0.15, 0.2) is 0 Å². The molecule has 1 fully saturated rings. The molecule has 0 bridgehead atoms. The molecular formula is C18H22N4O2. The molecule has 126 valence electrons. The fraction of sp³-hybridized carbons (Fsp3) is 0.500. The number of hydrogen-bond donors (Lipinski definition) is 2. The SMILES string of the molecule is CC(C)C(=O)NC1C(=O)N(C2CCNCC2)c2ccc(C#N)cc21. The molecule has 1 aromatic carbocycles. The zero-order valence-corrected chi connectivity index (χ0v) is 14.0. The van der Waals surface area contributed by atoms with Gasteiger partial charge in [-0.05, 0) is 44.1 Å². The predicted molar refractivity (Wildman–Crippen MR) is 90.3 cm³/mol. The van der Waals surface area contributed by atoms with Crippen LogP contribution in [0.25, 0.3) is 0 Å². The minimum Gasteiger partial charge on any atom is -0.340 e. The van der Waals surface area contributed by atoms with Crippen molar-refractivity contribution in [3.05, 3.63) is 29.3 Å². The number of piperidine rings is 1. The second-order valence-electron chi connectivity index (χ2n) is 6.67. The highest BCUT2D eigenvalue weighted by molar-refractivity contribution is 6.06. The first kappa shape index (κ1) is 16.5. The van der Waals surface area contributed by atoms with Gasteiger partial charge >= 0.3 is 0 Å². The Hall–Kier alpha value is -2.39. The molecule has 0 aromatic heterocycles. The van der Waals surface area contributed by atoms with Crippen LogP contribution in [-0.2, 0) is 9.59 Å². The van der Waals surface area contributed by atoms with Crippen LogP contribution in [0.1, 0.15) is 43.9 Å². The summed E-state index contributed by atoms with van der Waals surface area (Å²) >= 11 is 0. The molecule has 6 nitrogen and oxygen atoms in total. The fourth-order valence-corrected chi connectivity index (χ4v) is 3.36. The normalized spacial score (nSPS) is 20.8. The summed E-state index contributed by atoms with van der Waals surface area (Å²) in [5.41, 5.74) is 2.05. The molecule has 0 aliphatic carbocycles. The number of nitrogens with one attached hydrogen (secondary N) is 2. The summed E-state index contributed by atoms with van der Waals surface area (Å²) in [5, 5.41) is 15.3. The van der Waals surface area contributed by atoms with Crippen molar-refractivity contribution in [3.8, 4) is 6.07 Å². The molecule has 1 aromatic rings. The number of fused-ring (bicyclic) bond motifs is 1. The van der Waals surface area contributed by atoms with E-state index in [4.69, 9.17) is 5.26 Å². The number of amides is 2. The number of carbonyl (C=O) groups excluding carboxylic acids is 2. The first-order chi connectivity index (χ1) is 11.5. The Morgan fingerprint density at radius 2 is 2.08 bits per heavy atom. The van der Waals surface area contributed by atoms with E-state index in [1.807, 2.05) is 11.0 Å². The molecule has 6 heteroatoms. The molecule has 0 spiro atoms. The lowest BCUT2D eigenvalue weighted by Gasteiger charge is -2.32. The molecule has 1 atom stereocenters. The average Bonchev–Trinajstić information content (AvgIpc) is 2.86. The van der Waals surface area contributed by atoms with E-state index in [2.05, 4.69) is 16.7 Å². The van der Waals surface area contributed by atoms with Crippen molar-refractivity contribution in [3.63, 3.8) is 0 Å². The maximum atomic E-state index is 13.0. The first-order valence-electron chi connectivity index (χ1n) is 8.41. The number of nitrogens with zero attached hydrogens (tertiary/aromatic N) is 2. The van der Waals surface area contributed by atoms with Gasteiger partial charge in [-0.2, -0.15) is 5.26 Å². The standard InChI is InChI=1S/C18H22N4O2/c1-11(2)17(23)21-16-14-9-12(10-19)3-4-15(14)22(18(16)24)13-5-7-20-8-6-13/h3-4,9,11,13,16,20H,5-8H2,1-2H3,(H,21,23). The van der Waals surface area contributed by atoms with Crippen molar-refractivity contribution in [2.75, 3.05) is 18.0 Å². The zero-order valence-electron chi connectivity index (χ0n) is 14.0. The minimum absolute atomic E-state index is 0.0963. The van der Waals surface area contributed by atoms with E-state index in [1.54, 1.807) is 26.0 Å². The summed E-state index contributed by atoms with van der Waals surface area (Å²) < 4.78 is 0. The van der Waals surface area contributed by atoms with E-state index in [9.17, 15) is 9.59 Å². The van der Waals surface area contributed by atoms with E-state index in [-0.39, 0.29) is 23.8 Å². The molecule has 2 aliphatic rings. The predicted octanol–water partition coefficient (Wildman–Crippen LogP) is 1.47. The second-order valence-corrected chi connectivity index (χ2v) is 6.67. The van der Waals surface area contributed by atoms with Crippen LogP contribution in [0, 0.1) is 17.2 Å². The molecule has 2 amide bonds. The van der Waals surface area contributed by atoms with Crippen molar-refractivity contribution in [1.82, 2.24) is 10.6 Å². The lowest BCUT2D eigenvalue weighted by Crippen LogP contribution is -2.47. The Kier molecular flexibility index (Phi) is 4.54. The largest absolute Gasteiger partial charge is 0.340 e. The van der Waals surface area contributed by atoms with Crippen LogP contribution in [0.3, 0.4) is 0 Å². The van der Waals surface area contributed by atoms with Gasteiger partial charge in [0.25, 0.3) is 5.91 Å². The van der Waals surface area contributed by atoms with Crippen LogP contribution in [0.2, 0.25) is 0 Å². The summed E-state index contributed by atoms with van der Waals surface area (Å²) in [4.78, 5) is 27.0. The van der Waals surface area contributed by atoms with Gasteiger partial charge in [0.1, 0.15) is 6.04 Å². The number of carbonyl (C=O) groups is 2.